The molecule has 120 valence electrons. The van der Waals surface area contributed by atoms with E-state index in [9.17, 15) is 14.0 Å². The second-order valence-electron chi connectivity index (χ2n) is 6.76. The molecule has 1 N–H and O–H groups in total. The molecule has 0 aromatic heterocycles. The van der Waals surface area contributed by atoms with Crippen LogP contribution in [0.25, 0.3) is 0 Å². The highest BCUT2D eigenvalue weighted by molar-refractivity contribution is 5.99. The molecule has 2 rings (SSSR count). The first-order chi connectivity index (χ1) is 10.1. The van der Waals surface area contributed by atoms with Gasteiger partial charge < -0.3 is 15.0 Å². The molecule has 0 aliphatic carbocycles. The number of carbonyl (C=O) groups is 2. The molecule has 0 saturated heterocycles. The van der Waals surface area contributed by atoms with Gasteiger partial charge in [0.25, 0.3) is 5.91 Å². The van der Waals surface area contributed by atoms with Gasteiger partial charge >= 0.3 is 0 Å². The first kappa shape index (κ1) is 16.3. The molecule has 0 radical (unpaired) electrons. The van der Waals surface area contributed by atoms with Crippen molar-refractivity contribution in [2.24, 2.45) is 5.41 Å². The predicted molar refractivity (Wildman–Crippen MR) is 82.7 cm³/mol. The van der Waals surface area contributed by atoms with Gasteiger partial charge in [0.2, 0.25) is 5.91 Å². The minimum Gasteiger partial charge on any atom is -0.478 e. The van der Waals surface area contributed by atoms with Gasteiger partial charge in [0.15, 0.2) is 18.2 Å². The summed E-state index contributed by atoms with van der Waals surface area (Å²) in [5.41, 5.74) is 0.839. The van der Waals surface area contributed by atoms with Crippen LogP contribution in [0.1, 0.15) is 32.8 Å². The molecule has 0 spiro atoms. The number of anilines is 2. The van der Waals surface area contributed by atoms with Gasteiger partial charge in [0.1, 0.15) is 0 Å². The standard InChI is InChI=1S/C16H21FN2O3/c1-9-6-10-15(22-8-12(21)19(10)5)13(17)14(9)18-11(20)7-16(2,3)4/h6H,7-8H2,1-5H3,(H,18,20). The van der Waals surface area contributed by atoms with Crippen molar-refractivity contribution < 1.29 is 18.7 Å². The van der Waals surface area contributed by atoms with Crippen LogP contribution < -0.4 is 15.0 Å². The minimum absolute atomic E-state index is 0.00115. The molecule has 1 aromatic rings. The van der Waals surface area contributed by atoms with Crippen molar-refractivity contribution in [2.75, 3.05) is 23.9 Å². The lowest BCUT2D eigenvalue weighted by molar-refractivity contribution is -0.121. The largest absolute Gasteiger partial charge is 0.478 e. The van der Waals surface area contributed by atoms with Crippen LogP contribution in [-0.4, -0.2) is 25.5 Å². The molecule has 0 saturated carbocycles. The molecule has 5 nitrogen and oxygen atoms in total. The van der Waals surface area contributed by atoms with Gasteiger partial charge in [-0.1, -0.05) is 20.8 Å². The summed E-state index contributed by atoms with van der Waals surface area (Å²) < 4.78 is 19.8. The normalized spacial score (nSPS) is 14.5. The molecule has 0 atom stereocenters. The van der Waals surface area contributed by atoms with E-state index in [0.29, 0.717) is 11.3 Å². The number of aryl methyl sites for hydroxylation is 1. The molecule has 1 heterocycles. The van der Waals surface area contributed by atoms with Crippen LogP contribution in [0.3, 0.4) is 0 Å². The van der Waals surface area contributed by atoms with Crippen LogP contribution in [0.15, 0.2) is 6.07 Å². The van der Waals surface area contributed by atoms with Crippen LogP contribution in [0.5, 0.6) is 5.75 Å². The van der Waals surface area contributed by atoms with Crippen molar-refractivity contribution in [3.8, 4) is 5.75 Å². The first-order valence-electron chi connectivity index (χ1n) is 7.12. The van der Waals surface area contributed by atoms with Gasteiger partial charge in [-0.3, -0.25) is 9.59 Å². The quantitative estimate of drug-likeness (QED) is 0.914. The lowest BCUT2D eigenvalue weighted by atomic mass is 9.92. The molecule has 1 aromatic carbocycles. The maximum Gasteiger partial charge on any atom is 0.264 e. The Morgan fingerprint density at radius 1 is 1.45 bits per heavy atom. The SMILES string of the molecule is Cc1cc2c(c(F)c1NC(=O)CC(C)(C)C)OCC(=O)N2C. The van der Waals surface area contributed by atoms with E-state index in [1.54, 1.807) is 20.0 Å². The van der Waals surface area contributed by atoms with E-state index in [-0.39, 0.29) is 41.7 Å². The van der Waals surface area contributed by atoms with Crippen LogP contribution in [0.4, 0.5) is 15.8 Å². The molecular weight excluding hydrogens is 287 g/mol. The van der Waals surface area contributed by atoms with Gasteiger partial charge in [-0.25, -0.2) is 4.39 Å². The topological polar surface area (TPSA) is 58.6 Å². The maximum absolute atomic E-state index is 14.6. The third-order valence-corrected chi connectivity index (χ3v) is 3.43. The number of carbonyl (C=O) groups excluding carboxylic acids is 2. The summed E-state index contributed by atoms with van der Waals surface area (Å²) in [4.78, 5) is 25.0. The van der Waals surface area contributed by atoms with Crippen molar-refractivity contribution in [3.63, 3.8) is 0 Å². The zero-order valence-electron chi connectivity index (χ0n) is 13.5. The number of halogens is 1. The highest BCUT2D eigenvalue weighted by Gasteiger charge is 2.29. The van der Waals surface area contributed by atoms with E-state index < -0.39 is 5.82 Å². The smallest absolute Gasteiger partial charge is 0.264 e. The van der Waals surface area contributed by atoms with E-state index in [1.165, 1.54) is 4.90 Å². The van der Waals surface area contributed by atoms with Gasteiger partial charge in [-0.05, 0) is 24.0 Å². The molecule has 6 heteroatoms. The van der Waals surface area contributed by atoms with Crippen molar-refractivity contribution >= 4 is 23.2 Å². The Labute approximate surface area is 129 Å². The van der Waals surface area contributed by atoms with Gasteiger partial charge in [0, 0.05) is 13.5 Å². The number of benzene rings is 1. The lowest BCUT2D eigenvalue weighted by Crippen LogP contribution is -2.36. The fourth-order valence-corrected chi connectivity index (χ4v) is 2.31. The molecule has 0 unspecified atom stereocenters. The minimum atomic E-state index is -0.642. The number of nitrogens with zero attached hydrogens (tertiary/aromatic N) is 1. The summed E-state index contributed by atoms with van der Waals surface area (Å²) in [6.07, 6.45) is 0.280. The maximum atomic E-state index is 14.6. The Morgan fingerprint density at radius 2 is 2.09 bits per heavy atom. The van der Waals surface area contributed by atoms with Gasteiger partial charge in [0.05, 0.1) is 11.4 Å². The number of nitrogens with one attached hydrogen (secondary N) is 1. The fourth-order valence-electron chi connectivity index (χ4n) is 2.31. The third kappa shape index (κ3) is 3.21. The lowest BCUT2D eigenvalue weighted by Gasteiger charge is -2.28. The highest BCUT2D eigenvalue weighted by Crippen LogP contribution is 2.39. The summed E-state index contributed by atoms with van der Waals surface area (Å²) in [6, 6.07) is 1.64. The highest BCUT2D eigenvalue weighted by atomic mass is 19.1. The van der Waals surface area contributed by atoms with Crippen LogP contribution >= 0.6 is 0 Å². The van der Waals surface area contributed by atoms with E-state index in [0.717, 1.165) is 0 Å². The molecule has 1 aliphatic rings. The van der Waals surface area contributed by atoms with Crippen molar-refractivity contribution in [3.05, 3.63) is 17.4 Å². The molecule has 0 bridgehead atoms. The van der Waals surface area contributed by atoms with Crippen LogP contribution in [0, 0.1) is 18.2 Å². The molecule has 22 heavy (non-hydrogen) atoms. The average molecular weight is 308 g/mol. The first-order valence-corrected chi connectivity index (χ1v) is 7.12. The van der Waals surface area contributed by atoms with Crippen molar-refractivity contribution in [1.29, 1.82) is 0 Å². The van der Waals surface area contributed by atoms with Crippen LogP contribution in [-0.2, 0) is 9.59 Å². The van der Waals surface area contributed by atoms with Crippen molar-refractivity contribution in [1.82, 2.24) is 0 Å². The number of likely N-dealkylation sites (N-methyl/N-ethyl adjacent to an activating group) is 1. The molecule has 1 aliphatic heterocycles. The second-order valence-corrected chi connectivity index (χ2v) is 6.76. The summed E-state index contributed by atoms with van der Waals surface area (Å²) in [6.45, 7) is 7.28. The molecule has 0 fully saturated rings. The molecule has 2 amide bonds. The second kappa shape index (κ2) is 5.59. The zero-order valence-corrected chi connectivity index (χ0v) is 13.5. The fraction of sp³-hybridized carbons (Fsp3) is 0.500. The summed E-state index contributed by atoms with van der Waals surface area (Å²) >= 11 is 0. The van der Waals surface area contributed by atoms with E-state index in [2.05, 4.69) is 5.32 Å². The number of rotatable bonds is 2. The summed E-state index contributed by atoms with van der Waals surface area (Å²) in [5.74, 6) is -1.14. The predicted octanol–water partition coefficient (Wildman–Crippen LogP) is 2.86. The van der Waals surface area contributed by atoms with E-state index >= 15 is 0 Å². The number of amides is 2. The number of ether oxygens (including phenoxy) is 1. The number of hydrogen-bond donors (Lipinski definition) is 1. The average Bonchev–Trinajstić information content (AvgIpc) is 2.37. The van der Waals surface area contributed by atoms with Crippen LogP contribution in [0.2, 0.25) is 0 Å². The Morgan fingerprint density at radius 3 is 2.68 bits per heavy atom. The van der Waals surface area contributed by atoms with Crippen molar-refractivity contribution in [2.45, 2.75) is 34.1 Å². The monoisotopic (exact) mass is 308 g/mol. The van der Waals surface area contributed by atoms with Gasteiger partial charge in [-0.2, -0.15) is 0 Å². The summed E-state index contributed by atoms with van der Waals surface area (Å²) in [7, 11) is 1.57. The summed E-state index contributed by atoms with van der Waals surface area (Å²) in [5, 5.41) is 2.61. The Balaban J connectivity index is 2.35. The van der Waals surface area contributed by atoms with Gasteiger partial charge in [-0.15, -0.1) is 0 Å². The zero-order chi connectivity index (χ0) is 16.7. The number of hydrogen-bond acceptors (Lipinski definition) is 3. The molecular formula is C16H21FN2O3. The third-order valence-electron chi connectivity index (χ3n) is 3.43. The Hall–Kier alpha value is -2.11. The number of fused-ring (bicyclic) bond motifs is 1. The van der Waals surface area contributed by atoms with E-state index in [4.69, 9.17) is 4.74 Å². The Bertz CT molecular complexity index is 635. The Kier molecular flexibility index (Phi) is 4.13. The van der Waals surface area contributed by atoms with E-state index in [1.807, 2.05) is 20.8 Å².